The van der Waals surface area contributed by atoms with E-state index in [1.807, 2.05) is 13.8 Å². The van der Waals surface area contributed by atoms with Gasteiger partial charge in [0.15, 0.2) is 4.90 Å². The number of carbonyl (C=O) groups excluding carboxylic acids is 2. The number of nitrogens with one attached hydrogen (secondary N) is 2. The maximum absolute atomic E-state index is 12.5. The van der Waals surface area contributed by atoms with E-state index in [-0.39, 0.29) is 24.9 Å². The highest BCUT2D eigenvalue weighted by atomic mass is 32.2. The summed E-state index contributed by atoms with van der Waals surface area (Å²) in [4.78, 5) is 35.6. The Morgan fingerprint density at radius 2 is 2.07 bits per heavy atom. The van der Waals surface area contributed by atoms with E-state index in [1.165, 1.54) is 17.0 Å². The number of rotatable bonds is 7. The zero-order chi connectivity index (χ0) is 20.2. The Balaban J connectivity index is 2.14. The highest BCUT2D eigenvalue weighted by Gasteiger charge is 2.34. The molecule has 0 spiro atoms. The summed E-state index contributed by atoms with van der Waals surface area (Å²) in [6, 6.07) is 4.22. The smallest absolute Gasteiger partial charge is 0.289 e. The van der Waals surface area contributed by atoms with Gasteiger partial charge in [-0.3, -0.25) is 19.7 Å². The van der Waals surface area contributed by atoms with Crippen LogP contribution in [0.2, 0.25) is 0 Å². The minimum absolute atomic E-state index is 0.165. The number of nitro benzene ring substituents is 1. The van der Waals surface area contributed by atoms with Gasteiger partial charge in [-0.1, -0.05) is 26.0 Å². The van der Waals surface area contributed by atoms with Gasteiger partial charge in [-0.25, -0.2) is 13.1 Å². The van der Waals surface area contributed by atoms with Crippen LogP contribution in [0.4, 0.5) is 5.69 Å². The number of benzene rings is 1. The molecule has 27 heavy (non-hydrogen) atoms. The molecular formula is C16H22N4O6S. The Labute approximate surface area is 157 Å². The normalized spacial score (nSPS) is 17.7. The van der Waals surface area contributed by atoms with Crippen molar-refractivity contribution in [1.82, 2.24) is 14.9 Å². The SMILES string of the molecule is CC(C)CC1C(=O)NCCN1C(=O)CNS(=O)(=O)c1ccccc1[N+](=O)[O-]. The van der Waals surface area contributed by atoms with Gasteiger partial charge in [0.05, 0.1) is 11.5 Å². The molecule has 1 fully saturated rings. The Morgan fingerprint density at radius 1 is 1.41 bits per heavy atom. The number of nitrogens with zero attached hydrogens (tertiary/aromatic N) is 2. The van der Waals surface area contributed by atoms with Gasteiger partial charge in [0, 0.05) is 19.2 Å². The number of hydrogen-bond acceptors (Lipinski definition) is 6. The molecule has 1 aromatic carbocycles. The molecule has 148 valence electrons. The predicted octanol–water partition coefficient (Wildman–Crippen LogP) is 0.246. The van der Waals surface area contributed by atoms with Crippen molar-refractivity contribution in [2.45, 2.75) is 31.2 Å². The van der Waals surface area contributed by atoms with Crippen LogP contribution in [0.15, 0.2) is 29.2 Å². The van der Waals surface area contributed by atoms with Gasteiger partial charge in [-0.15, -0.1) is 0 Å². The Bertz CT molecular complexity index is 839. The van der Waals surface area contributed by atoms with E-state index < -0.39 is 44.0 Å². The molecule has 10 nitrogen and oxygen atoms in total. The molecule has 1 aromatic rings. The van der Waals surface area contributed by atoms with Crippen molar-refractivity contribution in [3.8, 4) is 0 Å². The van der Waals surface area contributed by atoms with Crippen molar-refractivity contribution >= 4 is 27.5 Å². The number of carbonyl (C=O) groups is 2. The molecule has 2 rings (SSSR count). The van der Waals surface area contributed by atoms with Crippen molar-refractivity contribution in [3.63, 3.8) is 0 Å². The lowest BCUT2D eigenvalue weighted by molar-refractivity contribution is -0.387. The molecular weight excluding hydrogens is 376 g/mol. The minimum Gasteiger partial charge on any atom is -0.353 e. The molecule has 0 bridgehead atoms. The maximum Gasteiger partial charge on any atom is 0.289 e. The molecule has 2 N–H and O–H groups in total. The van der Waals surface area contributed by atoms with Crippen LogP contribution in [0, 0.1) is 16.0 Å². The molecule has 0 aromatic heterocycles. The average Bonchev–Trinajstić information content (AvgIpc) is 2.61. The number of amides is 2. The number of nitro groups is 1. The predicted molar refractivity (Wildman–Crippen MR) is 96.3 cm³/mol. The van der Waals surface area contributed by atoms with E-state index in [0.29, 0.717) is 6.42 Å². The number of sulfonamides is 1. The lowest BCUT2D eigenvalue weighted by Crippen LogP contribution is -2.59. The molecule has 0 saturated carbocycles. The van der Waals surface area contributed by atoms with E-state index in [4.69, 9.17) is 0 Å². The standard InChI is InChI=1S/C16H22N4O6S/c1-11(2)9-13-16(22)17-7-8-19(13)15(21)10-18-27(25,26)14-6-4-3-5-12(14)20(23)24/h3-6,11,13,18H,7-10H2,1-2H3,(H,17,22). The summed E-state index contributed by atoms with van der Waals surface area (Å²) < 4.78 is 26.9. The third-order valence-electron chi connectivity index (χ3n) is 4.11. The first-order chi connectivity index (χ1) is 12.6. The van der Waals surface area contributed by atoms with Crippen LogP contribution in [0.1, 0.15) is 20.3 Å². The maximum atomic E-state index is 12.5. The second-order valence-corrected chi connectivity index (χ2v) is 8.31. The van der Waals surface area contributed by atoms with E-state index in [1.54, 1.807) is 0 Å². The summed E-state index contributed by atoms with van der Waals surface area (Å²) in [7, 11) is -4.26. The van der Waals surface area contributed by atoms with Crippen LogP contribution in [-0.4, -0.2) is 55.7 Å². The summed E-state index contributed by atoms with van der Waals surface area (Å²) in [6.45, 7) is 3.81. The van der Waals surface area contributed by atoms with Crippen LogP contribution in [0.5, 0.6) is 0 Å². The van der Waals surface area contributed by atoms with E-state index >= 15 is 0 Å². The monoisotopic (exact) mass is 398 g/mol. The van der Waals surface area contributed by atoms with Crippen LogP contribution in [-0.2, 0) is 19.6 Å². The van der Waals surface area contributed by atoms with Gasteiger partial charge in [-0.2, -0.15) is 0 Å². The van der Waals surface area contributed by atoms with Crippen LogP contribution in [0.25, 0.3) is 0 Å². The second kappa shape index (κ2) is 8.44. The lowest BCUT2D eigenvalue weighted by atomic mass is 10.00. The lowest BCUT2D eigenvalue weighted by Gasteiger charge is -2.36. The highest BCUT2D eigenvalue weighted by Crippen LogP contribution is 2.22. The van der Waals surface area contributed by atoms with Crippen molar-refractivity contribution < 1.29 is 22.9 Å². The summed E-state index contributed by atoms with van der Waals surface area (Å²) in [5.41, 5.74) is -0.576. The van der Waals surface area contributed by atoms with E-state index in [2.05, 4.69) is 10.0 Å². The Hall–Kier alpha value is -2.53. The van der Waals surface area contributed by atoms with E-state index in [9.17, 15) is 28.1 Å². The summed E-state index contributed by atoms with van der Waals surface area (Å²) in [5, 5.41) is 13.7. The molecule has 1 saturated heterocycles. The van der Waals surface area contributed by atoms with Gasteiger partial charge < -0.3 is 10.2 Å². The number of piperazine rings is 1. The molecule has 2 amide bonds. The molecule has 1 atom stereocenters. The fourth-order valence-electron chi connectivity index (χ4n) is 2.87. The molecule has 1 unspecified atom stereocenters. The second-order valence-electron chi connectivity index (χ2n) is 6.57. The summed E-state index contributed by atoms with van der Waals surface area (Å²) in [5.74, 6) is -0.666. The fourth-order valence-corrected chi connectivity index (χ4v) is 4.01. The fraction of sp³-hybridized carbons (Fsp3) is 0.500. The number of para-hydroxylation sites is 1. The van der Waals surface area contributed by atoms with Gasteiger partial charge >= 0.3 is 0 Å². The molecule has 1 aliphatic heterocycles. The summed E-state index contributed by atoms with van der Waals surface area (Å²) in [6.07, 6.45) is 0.453. The molecule has 1 heterocycles. The van der Waals surface area contributed by atoms with Crippen LogP contribution < -0.4 is 10.0 Å². The average molecular weight is 398 g/mol. The highest BCUT2D eigenvalue weighted by molar-refractivity contribution is 7.89. The van der Waals surface area contributed by atoms with Gasteiger partial charge in [0.25, 0.3) is 5.69 Å². The topological polar surface area (TPSA) is 139 Å². The number of hydrogen-bond donors (Lipinski definition) is 2. The quantitative estimate of drug-likeness (QED) is 0.498. The van der Waals surface area contributed by atoms with E-state index in [0.717, 1.165) is 12.1 Å². The first-order valence-corrected chi connectivity index (χ1v) is 9.92. The molecule has 11 heteroatoms. The van der Waals surface area contributed by atoms with Crippen molar-refractivity contribution in [2.75, 3.05) is 19.6 Å². The van der Waals surface area contributed by atoms with Gasteiger partial charge in [0.2, 0.25) is 21.8 Å². The third-order valence-corrected chi connectivity index (χ3v) is 5.56. The zero-order valence-electron chi connectivity index (χ0n) is 15.0. The van der Waals surface area contributed by atoms with Crippen molar-refractivity contribution in [2.24, 2.45) is 5.92 Å². The van der Waals surface area contributed by atoms with Crippen LogP contribution in [0.3, 0.4) is 0 Å². The van der Waals surface area contributed by atoms with Gasteiger partial charge in [0.1, 0.15) is 6.04 Å². The van der Waals surface area contributed by atoms with Crippen LogP contribution >= 0.6 is 0 Å². The zero-order valence-corrected chi connectivity index (χ0v) is 15.9. The first kappa shape index (κ1) is 20.8. The molecule has 1 aliphatic rings. The Morgan fingerprint density at radius 3 is 2.70 bits per heavy atom. The third kappa shape index (κ3) is 5.01. The van der Waals surface area contributed by atoms with Gasteiger partial charge in [-0.05, 0) is 18.4 Å². The molecule has 0 aliphatic carbocycles. The largest absolute Gasteiger partial charge is 0.353 e. The van der Waals surface area contributed by atoms with Crippen molar-refractivity contribution in [3.05, 3.63) is 34.4 Å². The summed E-state index contributed by atoms with van der Waals surface area (Å²) >= 11 is 0. The Kier molecular flexibility index (Phi) is 6.50. The van der Waals surface area contributed by atoms with Crippen molar-refractivity contribution in [1.29, 1.82) is 0 Å². The minimum atomic E-state index is -4.26. The first-order valence-electron chi connectivity index (χ1n) is 8.43. The molecule has 0 radical (unpaired) electrons.